The molecule has 3 rings (SSSR count). The van der Waals surface area contributed by atoms with Crippen molar-refractivity contribution in [2.24, 2.45) is 11.7 Å². The lowest BCUT2D eigenvalue weighted by Crippen LogP contribution is -2.53. The summed E-state index contributed by atoms with van der Waals surface area (Å²) in [6.07, 6.45) is 0.525. The van der Waals surface area contributed by atoms with Crippen LogP contribution in [-0.4, -0.2) is 65.3 Å². The quantitative estimate of drug-likeness (QED) is 0.317. The Kier molecular flexibility index (Phi) is 7.78. The van der Waals surface area contributed by atoms with E-state index in [4.69, 9.17) is 5.73 Å². The summed E-state index contributed by atoms with van der Waals surface area (Å²) in [6.45, 7) is 1.49. The van der Waals surface area contributed by atoms with Gasteiger partial charge in [0.25, 0.3) is 0 Å². The number of benzene rings is 1. The molecule has 1 aromatic rings. The molecular formula is C22H30N4O5. The summed E-state index contributed by atoms with van der Waals surface area (Å²) in [4.78, 5) is 37.2. The van der Waals surface area contributed by atoms with E-state index in [1.54, 1.807) is 0 Å². The first-order valence-electron chi connectivity index (χ1n) is 10.6. The number of hydrogen-bond acceptors (Lipinski definition) is 6. The van der Waals surface area contributed by atoms with Crippen molar-refractivity contribution in [2.75, 3.05) is 13.1 Å². The van der Waals surface area contributed by atoms with Crippen LogP contribution in [0.5, 0.6) is 0 Å². The second kappa shape index (κ2) is 10.5. The molecule has 0 aromatic heterocycles. The molecule has 9 nitrogen and oxygen atoms in total. The zero-order valence-electron chi connectivity index (χ0n) is 17.3. The molecule has 9 heteroatoms. The van der Waals surface area contributed by atoms with Gasteiger partial charge in [-0.2, -0.15) is 0 Å². The number of rotatable bonds is 7. The molecule has 1 saturated heterocycles. The molecule has 4 atom stereocenters. The van der Waals surface area contributed by atoms with Crippen molar-refractivity contribution in [3.63, 3.8) is 0 Å². The molecule has 2 aliphatic rings. The van der Waals surface area contributed by atoms with Crippen LogP contribution in [0.25, 0.3) is 0 Å². The lowest BCUT2D eigenvalue weighted by Gasteiger charge is -2.33. The molecule has 31 heavy (non-hydrogen) atoms. The average molecular weight is 431 g/mol. The number of aliphatic hydroxyl groups is 2. The average Bonchev–Trinajstić information content (AvgIpc) is 2.77. The van der Waals surface area contributed by atoms with Crippen molar-refractivity contribution in [3.8, 4) is 0 Å². The zero-order valence-corrected chi connectivity index (χ0v) is 17.3. The van der Waals surface area contributed by atoms with Gasteiger partial charge >= 0.3 is 0 Å². The van der Waals surface area contributed by atoms with Crippen LogP contribution in [0.2, 0.25) is 0 Å². The van der Waals surface area contributed by atoms with Gasteiger partial charge in [-0.15, -0.1) is 0 Å². The smallest absolute Gasteiger partial charge is 0.247 e. The molecule has 1 aromatic carbocycles. The Bertz CT molecular complexity index is 822. The Morgan fingerprint density at radius 3 is 2.45 bits per heavy atom. The Balaban J connectivity index is 1.68. The van der Waals surface area contributed by atoms with E-state index in [9.17, 15) is 24.6 Å². The highest BCUT2D eigenvalue weighted by Gasteiger charge is 2.35. The predicted octanol–water partition coefficient (Wildman–Crippen LogP) is -1.26. The molecule has 0 bridgehead atoms. The predicted molar refractivity (Wildman–Crippen MR) is 114 cm³/mol. The monoisotopic (exact) mass is 430 g/mol. The lowest BCUT2D eigenvalue weighted by molar-refractivity contribution is -0.128. The number of nitrogens with one attached hydrogen (secondary N) is 3. The van der Waals surface area contributed by atoms with Crippen molar-refractivity contribution >= 4 is 17.7 Å². The number of aliphatic hydroxyl groups excluding tert-OH is 2. The number of carbonyl (C=O) groups is 3. The van der Waals surface area contributed by atoms with Crippen LogP contribution in [0.4, 0.5) is 0 Å². The fraction of sp³-hybridized carbons (Fsp3) is 0.500. The second-order valence-corrected chi connectivity index (χ2v) is 8.13. The fourth-order valence-corrected chi connectivity index (χ4v) is 3.95. The van der Waals surface area contributed by atoms with Gasteiger partial charge in [-0.25, -0.2) is 0 Å². The summed E-state index contributed by atoms with van der Waals surface area (Å²) in [5.41, 5.74) is 6.49. The molecule has 1 fully saturated rings. The van der Waals surface area contributed by atoms with Crippen LogP contribution in [0.15, 0.2) is 42.0 Å². The summed E-state index contributed by atoms with van der Waals surface area (Å²) in [6, 6.07) is 7.33. The van der Waals surface area contributed by atoms with E-state index in [0.717, 1.165) is 18.7 Å². The van der Waals surface area contributed by atoms with E-state index >= 15 is 0 Å². The molecule has 0 saturated carbocycles. The maximum Gasteiger partial charge on any atom is 0.247 e. The Hall–Kier alpha value is -2.75. The molecule has 1 aliphatic carbocycles. The maximum atomic E-state index is 12.8. The van der Waals surface area contributed by atoms with Gasteiger partial charge in [0.15, 0.2) is 0 Å². The SMILES string of the molecule is NC(=O)C(Cc1ccccc1)NC(=O)C1=CC(NC(=O)C2CCNCC2)C(O)C(O)C1. The molecule has 0 radical (unpaired) electrons. The molecule has 0 spiro atoms. The molecule has 1 aliphatic heterocycles. The fourth-order valence-electron chi connectivity index (χ4n) is 3.95. The van der Waals surface area contributed by atoms with Crippen LogP contribution in [0.3, 0.4) is 0 Å². The summed E-state index contributed by atoms with van der Waals surface area (Å²) in [5.74, 6) is -1.63. The minimum Gasteiger partial charge on any atom is -0.390 e. The summed E-state index contributed by atoms with van der Waals surface area (Å²) in [5, 5.41) is 29.1. The number of amides is 3. The lowest BCUT2D eigenvalue weighted by atomic mass is 9.88. The third-order valence-electron chi connectivity index (χ3n) is 5.81. The topological polar surface area (TPSA) is 154 Å². The molecule has 1 heterocycles. The van der Waals surface area contributed by atoms with Crippen molar-refractivity contribution in [3.05, 3.63) is 47.5 Å². The third-order valence-corrected chi connectivity index (χ3v) is 5.81. The number of hydrogen-bond donors (Lipinski definition) is 6. The highest BCUT2D eigenvalue weighted by Crippen LogP contribution is 2.21. The second-order valence-electron chi connectivity index (χ2n) is 8.13. The molecule has 3 amide bonds. The normalized spacial score (nSPS) is 25.2. The standard InChI is InChI=1S/C22H30N4O5/c23-20(29)17(10-13-4-2-1-3-5-13)26-22(31)15-11-16(19(28)18(27)12-15)25-21(30)14-6-8-24-9-7-14/h1-5,11,14,16-19,24,27-28H,6-10,12H2,(H2,23,29)(H,25,30)(H,26,31). The Morgan fingerprint density at radius 1 is 1.13 bits per heavy atom. The minimum absolute atomic E-state index is 0.0937. The van der Waals surface area contributed by atoms with Gasteiger partial charge in [0.1, 0.15) is 12.1 Å². The number of carbonyl (C=O) groups excluding carboxylic acids is 3. The Morgan fingerprint density at radius 2 is 1.81 bits per heavy atom. The largest absolute Gasteiger partial charge is 0.390 e. The number of primary amides is 1. The van der Waals surface area contributed by atoms with Crippen LogP contribution < -0.4 is 21.7 Å². The first kappa shape index (κ1) is 22.9. The summed E-state index contributed by atoms with van der Waals surface area (Å²) >= 11 is 0. The highest BCUT2D eigenvalue weighted by atomic mass is 16.3. The molecule has 168 valence electrons. The number of piperidine rings is 1. The van der Waals surface area contributed by atoms with Crippen molar-refractivity contribution in [2.45, 2.75) is 50.0 Å². The molecule has 7 N–H and O–H groups in total. The van der Waals surface area contributed by atoms with Crippen LogP contribution in [0, 0.1) is 5.92 Å². The van der Waals surface area contributed by atoms with Gasteiger partial charge in [-0.3, -0.25) is 14.4 Å². The first-order chi connectivity index (χ1) is 14.8. The molecular weight excluding hydrogens is 400 g/mol. The van der Waals surface area contributed by atoms with Gasteiger partial charge < -0.3 is 31.9 Å². The van der Waals surface area contributed by atoms with E-state index in [2.05, 4.69) is 16.0 Å². The number of nitrogens with two attached hydrogens (primary N) is 1. The maximum absolute atomic E-state index is 12.8. The van der Waals surface area contributed by atoms with Gasteiger partial charge in [0.2, 0.25) is 17.7 Å². The van der Waals surface area contributed by atoms with E-state index in [0.29, 0.717) is 12.8 Å². The molecule has 4 unspecified atom stereocenters. The highest BCUT2D eigenvalue weighted by molar-refractivity contribution is 5.97. The van der Waals surface area contributed by atoms with Crippen molar-refractivity contribution in [1.82, 2.24) is 16.0 Å². The summed E-state index contributed by atoms with van der Waals surface area (Å²) in [7, 11) is 0. The van der Waals surface area contributed by atoms with Crippen LogP contribution >= 0.6 is 0 Å². The van der Waals surface area contributed by atoms with Crippen LogP contribution in [0.1, 0.15) is 24.8 Å². The van der Waals surface area contributed by atoms with Crippen molar-refractivity contribution < 1.29 is 24.6 Å². The zero-order chi connectivity index (χ0) is 22.4. The van der Waals surface area contributed by atoms with Crippen LogP contribution in [-0.2, 0) is 20.8 Å². The van der Waals surface area contributed by atoms with Crippen molar-refractivity contribution in [1.29, 1.82) is 0 Å². The Labute approximate surface area is 181 Å². The van der Waals surface area contributed by atoms with Gasteiger partial charge in [0.05, 0.1) is 12.1 Å². The minimum atomic E-state index is -1.22. The van der Waals surface area contributed by atoms with E-state index < -0.39 is 36.1 Å². The van der Waals surface area contributed by atoms with E-state index in [1.807, 2.05) is 30.3 Å². The first-order valence-corrected chi connectivity index (χ1v) is 10.6. The van der Waals surface area contributed by atoms with E-state index in [1.165, 1.54) is 6.08 Å². The van der Waals surface area contributed by atoms with Gasteiger partial charge in [-0.1, -0.05) is 36.4 Å². The van der Waals surface area contributed by atoms with Gasteiger partial charge in [0, 0.05) is 24.3 Å². The summed E-state index contributed by atoms with van der Waals surface area (Å²) < 4.78 is 0. The third kappa shape index (κ3) is 6.13. The van der Waals surface area contributed by atoms with E-state index in [-0.39, 0.29) is 30.2 Å². The van der Waals surface area contributed by atoms with Gasteiger partial charge in [-0.05, 0) is 31.5 Å².